The minimum Gasteiger partial charge on any atom is -0.361 e. The molecule has 0 radical (unpaired) electrons. The number of hydrogen-bond acceptors (Lipinski definition) is 4. The SMILES string of the molecule is CN(C)CCN(CCNC(=O)Cc1c[nH]c2ccccc12)S(C)(=O)=O. The van der Waals surface area contributed by atoms with E-state index >= 15 is 0 Å². The third kappa shape index (κ3) is 5.84. The molecule has 0 saturated carbocycles. The predicted molar refractivity (Wildman–Crippen MR) is 100.0 cm³/mol. The van der Waals surface area contributed by atoms with Crippen LogP contribution in [0.2, 0.25) is 0 Å². The summed E-state index contributed by atoms with van der Waals surface area (Å²) in [6, 6.07) is 7.81. The Morgan fingerprint density at radius 1 is 1.16 bits per heavy atom. The lowest BCUT2D eigenvalue weighted by Gasteiger charge is -2.22. The highest BCUT2D eigenvalue weighted by Gasteiger charge is 2.16. The first kappa shape index (κ1) is 19.4. The van der Waals surface area contributed by atoms with Gasteiger partial charge in [-0.1, -0.05) is 18.2 Å². The topological polar surface area (TPSA) is 85.5 Å². The summed E-state index contributed by atoms with van der Waals surface area (Å²) in [7, 11) is 0.498. The maximum Gasteiger partial charge on any atom is 0.224 e. The van der Waals surface area contributed by atoms with E-state index in [1.165, 1.54) is 10.6 Å². The molecule has 1 amide bonds. The molecule has 138 valence electrons. The molecule has 0 saturated heterocycles. The third-order valence-corrected chi connectivity index (χ3v) is 5.28. The van der Waals surface area contributed by atoms with E-state index in [1.54, 1.807) is 0 Å². The second kappa shape index (κ2) is 8.46. The van der Waals surface area contributed by atoms with Crippen molar-refractivity contribution >= 4 is 26.8 Å². The number of nitrogens with one attached hydrogen (secondary N) is 2. The summed E-state index contributed by atoms with van der Waals surface area (Å²) >= 11 is 0. The number of amides is 1. The molecule has 25 heavy (non-hydrogen) atoms. The molecule has 8 heteroatoms. The standard InChI is InChI=1S/C17H26N4O3S/c1-20(2)10-11-21(25(3,23)24)9-8-18-17(22)12-14-13-19-16-7-5-4-6-15(14)16/h4-7,13,19H,8-12H2,1-3H3,(H,18,22). The zero-order valence-corrected chi connectivity index (χ0v) is 15.8. The molecule has 0 atom stereocenters. The lowest BCUT2D eigenvalue weighted by atomic mass is 10.1. The third-order valence-electron chi connectivity index (χ3n) is 3.97. The molecule has 2 aromatic rings. The number of H-pyrrole nitrogens is 1. The van der Waals surface area contributed by atoms with Gasteiger partial charge in [0.05, 0.1) is 12.7 Å². The van der Waals surface area contributed by atoms with Gasteiger partial charge in [-0.3, -0.25) is 4.79 Å². The Balaban J connectivity index is 1.86. The fourth-order valence-electron chi connectivity index (χ4n) is 2.59. The minimum absolute atomic E-state index is 0.120. The Bertz CT molecular complexity index is 814. The molecule has 2 N–H and O–H groups in total. The number of likely N-dealkylation sites (N-methyl/N-ethyl adjacent to an activating group) is 1. The molecule has 0 aliphatic carbocycles. The molecule has 0 aliphatic heterocycles. The lowest BCUT2D eigenvalue weighted by Crippen LogP contribution is -2.41. The fourth-order valence-corrected chi connectivity index (χ4v) is 3.42. The van der Waals surface area contributed by atoms with Gasteiger partial charge in [0.25, 0.3) is 0 Å². The van der Waals surface area contributed by atoms with Crippen LogP contribution >= 0.6 is 0 Å². The van der Waals surface area contributed by atoms with Gasteiger partial charge in [-0.05, 0) is 25.7 Å². The first-order valence-electron chi connectivity index (χ1n) is 8.19. The summed E-state index contributed by atoms with van der Waals surface area (Å²) < 4.78 is 25.0. The number of fused-ring (bicyclic) bond motifs is 1. The van der Waals surface area contributed by atoms with Crippen molar-refractivity contribution in [3.8, 4) is 0 Å². The molecule has 0 unspecified atom stereocenters. The van der Waals surface area contributed by atoms with Gasteiger partial charge in [0.1, 0.15) is 0 Å². The molecule has 2 rings (SSSR count). The van der Waals surface area contributed by atoms with Crippen molar-refractivity contribution in [2.24, 2.45) is 0 Å². The molecule has 0 bridgehead atoms. The average Bonchev–Trinajstić information content (AvgIpc) is 2.92. The number of aromatic amines is 1. The number of sulfonamides is 1. The van der Waals surface area contributed by atoms with Gasteiger partial charge < -0.3 is 15.2 Å². The summed E-state index contributed by atoms with van der Waals surface area (Å²) in [4.78, 5) is 17.2. The van der Waals surface area contributed by atoms with E-state index in [0.717, 1.165) is 16.5 Å². The minimum atomic E-state index is -3.29. The van der Waals surface area contributed by atoms with Gasteiger partial charge >= 0.3 is 0 Å². The molecule has 0 aliphatic rings. The van der Waals surface area contributed by atoms with Crippen LogP contribution in [0.3, 0.4) is 0 Å². The zero-order chi connectivity index (χ0) is 18.4. The van der Waals surface area contributed by atoms with Crippen LogP contribution in [-0.4, -0.2) is 75.0 Å². The fraction of sp³-hybridized carbons (Fsp3) is 0.471. The van der Waals surface area contributed by atoms with Crippen LogP contribution in [0.25, 0.3) is 10.9 Å². The van der Waals surface area contributed by atoms with Gasteiger partial charge in [0.2, 0.25) is 15.9 Å². The first-order valence-corrected chi connectivity index (χ1v) is 10.0. The number of nitrogens with zero attached hydrogens (tertiary/aromatic N) is 2. The maximum atomic E-state index is 12.2. The van der Waals surface area contributed by atoms with Gasteiger partial charge in [0.15, 0.2) is 0 Å². The summed E-state index contributed by atoms with van der Waals surface area (Å²) in [5.74, 6) is -0.120. The van der Waals surface area contributed by atoms with E-state index in [4.69, 9.17) is 0 Å². The smallest absolute Gasteiger partial charge is 0.224 e. The van der Waals surface area contributed by atoms with E-state index in [1.807, 2.05) is 49.5 Å². The van der Waals surface area contributed by atoms with Gasteiger partial charge in [-0.2, -0.15) is 4.31 Å². The highest BCUT2D eigenvalue weighted by atomic mass is 32.2. The molecule has 7 nitrogen and oxygen atoms in total. The number of para-hydroxylation sites is 1. The number of aromatic nitrogens is 1. The molecular weight excluding hydrogens is 340 g/mol. The second-order valence-corrected chi connectivity index (χ2v) is 8.33. The van der Waals surface area contributed by atoms with Crippen molar-refractivity contribution in [2.75, 3.05) is 46.5 Å². The summed E-state index contributed by atoms with van der Waals surface area (Å²) in [5.41, 5.74) is 1.93. The molecule has 0 spiro atoms. The van der Waals surface area contributed by atoms with E-state index < -0.39 is 10.0 Å². The maximum absolute atomic E-state index is 12.2. The van der Waals surface area contributed by atoms with E-state index in [-0.39, 0.29) is 18.9 Å². The highest BCUT2D eigenvalue weighted by molar-refractivity contribution is 7.88. The number of carbonyl (C=O) groups is 1. The molecule has 1 aromatic heterocycles. The van der Waals surface area contributed by atoms with Crippen LogP contribution in [0, 0.1) is 0 Å². The predicted octanol–water partition coefficient (Wildman–Crippen LogP) is 0.650. The Morgan fingerprint density at radius 2 is 1.88 bits per heavy atom. The van der Waals surface area contributed by atoms with Crippen LogP contribution < -0.4 is 5.32 Å². The van der Waals surface area contributed by atoms with Gasteiger partial charge in [0, 0.05) is 43.3 Å². The zero-order valence-electron chi connectivity index (χ0n) is 14.9. The van der Waals surface area contributed by atoms with Crippen molar-refractivity contribution < 1.29 is 13.2 Å². The number of rotatable bonds is 9. The number of carbonyl (C=O) groups excluding carboxylic acids is 1. The van der Waals surface area contributed by atoms with Crippen LogP contribution in [0.4, 0.5) is 0 Å². The molecule has 1 heterocycles. The van der Waals surface area contributed by atoms with Crippen LogP contribution in [0.15, 0.2) is 30.5 Å². The van der Waals surface area contributed by atoms with E-state index in [0.29, 0.717) is 19.6 Å². The summed E-state index contributed by atoms with van der Waals surface area (Å²) in [6.45, 7) is 1.61. The summed E-state index contributed by atoms with van der Waals surface area (Å²) in [5, 5.41) is 3.83. The van der Waals surface area contributed by atoms with Gasteiger partial charge in [-0.15, -0.1) is 0 Å². The Labute approximate surface area is 149 Å². The quantitative estimate of drug-likeness (QED) is 0.682. The first-order chi connectivity index (χ1) is 11.8. The normalized spacial score (nSPS) is 12.2. The highest BCUT2D eigenvalue weighted by Crippen LogP contribution is 2.17. The van der Waals surface area contributed by atoms with E-state index in [2.05, 4.69) is 10.3 Å². The van der Waals surface area contributed by atoms with Crippen LogP contribution in [0.5, 0.6) is 0 Å². The molecule has 1 aromatic carbocycles. The lowest BCUT2D eigenvalue weighted by molar-refractivity contribution is -0.120. The Kier molecular flexibility index (Phi) is 6.57. The molecule has 0 fully saturated rings. The van der Waals surface area contributed by atoms with Crippen molar-refractivity contribution in [3.63, 3.8) is 0 Å². The van der Waals surface area contributed by atoms with E-state index in [9.17, 15) is 13.2 Å². The van der Waals surface area contributed by atoms with Gasteiger partial charge in [-0.25, -0.2) is 8.42 Å². The second-order valence-electron chi connectivity index (χ2n) is 6.35. The van der Waals surface area contributed by atoms with Crippen molar-refractivity contribution in [2.45, 2.75) is 6.42 Å². The Hall–Kier alpha value is -1.90. The van der Waals surface area contributed by atoms with Crippen LogP contribution in [0.1, 0.15) is 5.56 Å². The van der Waals surface area contributed by atoms with Crippen molar-refractivity contribution in [1.29, 1.82) is 0 Å². The Morgan fingerprint density at radius 3 is 2.56 bits per heavy atom. The average molecular weight is 366 g/mol. The number of benzene rings is 1. The van der Waals surface area contributed by atoms with Crippen molar-refractivity contribution in [1.82, 2.24) is 19.5 Å². The molecular formula is C17H26N4O3S. The monoisotopic (exact) mass is 366 g/mol. The largest absolute Gasteiger partial charge is 0.361 e. The summed E-state index contributed by atoms with van der Waals surface area (Å²) in [6.07, 6.45) is 3.29. The number of hydrogen-bond donors (Lipinski definition) is 2. The van der Waals surface area contributed by atoms with Crippen LogP contribution in [-0.2, 0) is 21.2 Å². The van der Waals surface area contributed by atoms with Crippen molar-refractivity contribution in [3.05, 3.63) is 36.0 Å².